The van der Waals surface area contributed by atoms with E-state index in [0.717, 1.165) is 45.4 Å². The molecule has 1 N–H and O–H groups in total. The van der Waals surface area contributed by atoms with Crippen LogP contribution in [0.25, 0.3) is 0 Å². The van der Waals surface area contributed by atoms with Crippen LogP contribution in [0.3, 0.4) is 0 Å². The van der Waals surface area contributed by atoms with E-state index in [0.29, 0.717) is 11.6 Å². The van der Waals surface area contributed by atoms with Crippen LogP contribution in [0.15, 0.2) is 12.3 Å². The number of carbonyl (C=O) groups excluding carboxylic acids is 1. The van der Waals surface area contributed by atoms with Crippen molar-refractivity contribution in [1.82, 2.24) is 19.8 Å². The van der Waals surface area contributed by atoms with Crippen LogP contribution in [0.5, 0.6) is 0 Å². The molecule has 0 spiro atoms. The predicted molar refractivity (Wildman–Crippen MR) is 88.1 cm³/mol. The Labute approximate surface area is 132 Å². The van der Waals surface area contributed by atoms with Crippen molar-refractivity contribution in [2.45, 2.75) is 32.1 Å². The first kappa shape index (κ1) is 16.7. The molecule has 122 valence electrons. The summed E-state index contributed by atoms with van der Waals surface area (Å²) in [7, 11) is 4.11. The van der Waals surface area contributed by atoms with Crippen LogP contribution < -0.4 is 5.32 Å². The quantitative estimate of drug-likeness (QED) is 0.813. The van der Waals surface area contributed by atoms with E-state index < -0.39 is 0 Å². The smallest absolute Gasteiger partial charge is 0.272 e. The van der Waals surface area contributed by atoms with Gasteiger partial charge >= 0.3 is 0 Å². The number of likely N-dealkylation sites (tertiary alicyclic amines) is 1. The molecule has 2 rings (SSSR count). The van der Waals surface area contributed by atoms with Crippen molar-refractivity contribution in [3.63, 3.8) is 0 Å². The zero-order valence-electron chi connectivity index (χ0n) is 13.7. The summed E-state index contributed by atoms with van der Waals surface area (Å²) in [5.41, 5.74) is 0.493. The number of hydrogen-bond donors (Lipinski definition) is 1. The third-order valence-corrected chi connectivity index (χ3v) is 3.83. The average Bonchev–Trinajstić information content (AvgIpc) is 2.80. The van der Waals surface area contributed by atoms with Gasteiger partial charge in [-0.2, -0.15) is 0 Å². The topological polar surface area (TPSA) is 61.4 Å². The van der Waals surface area contributed by atoms with E-state index in [1.807, 2.05) is 4.90 Å². The standard InChI is InChI=1S/C16H27N5O/c1-20(2)11-7-9-17-16-18-10-8-14(19-16)15(22)21-12-5-3-4-6-13-21/h8,10H,3-7,9,11-13H2,1-2H3,(H,17,18,19). The fourth-order valence-electron chi connectivity index (χ4n) is 2.59. The number of rotatable bonds is 6. The highest BCUT2D eigenvalue weighted by atomic mass is 16.2. The highest BCUT2D eigenvalue weighted by molar-refractivity contribution is 5.92. The maximum absolute atomic E-state index is 12.5. The highest BCUT2D eigenvalue weighted by Gasteiger charge is 2.18. The maximum Gasteiger partial charge on any atom is 0.272 e. The van der Waals surface area contributed by atoms with Gasteiger partial charge in [0.1, 0.15) is 5.69 Å². The van der Waals surface area contributed by atoms with Gasteiger partial charge in [0.05, 0.1) is 0 Å². The Hall–Kier alpha value is -1.69. The van der Waals surface area contributed by atoms with Gasteiger partial charge in [-0.05, 0) is 46.0 Å². The van der Waals surface area contributed by atoms with Crippen molar-refractivity contribution in [2.75, 3.05) is 45.6 Å². The van der Waals surface area contributed by atoms with Crippen molar-refractivity contribution in [3.8, 4) is 0 Å². The molecule has 22 heavy (non-hydrogen) atoms. The Morgan fingerprint density at radius 3 is 2.68 bits per heavy atom. The predicted octanol–water partition coefficient (Wildman–Crippen LogP) is 1.86. The summed E-state index contributed by atoms with van der Waals surface area (Å²) in [6.07, 6.45) is 7.28. The number of nitrogens with one attached hydrogen (secondary N) is 1. The lowest BCUT2D eigenvalue weighted by Gasteiger charge is -2.19. The molecule has 0 saturated carbocycles. The fraction of sp³-hybridized carbons (Fsp3) is 0.688. The highest BCUT2D eigenvalue weighted by Crippen LogP contribution is 2.13. The minimum Gasteiger partial charge on any atom is -0.354 e. The zero-order chi connectivity index (χ0) is 15.8. The van der Waals surface area contributed by atoms with Gasteiger partial charge < -0.3 is 15.1 Å². The third-order valence-electron chi connectivity index (χ3n) is 3.83. The summed E-state index contributed by atoms with van der Waals surface area (Å²) >= 11 is 0. The van der Waals surface area contributed by atoms with Gasteiger partial charge in [-0.25, -0.2) is 9.97 Å². The number of aromatic nitrogens is 2. The van der Waals surface area contributed by atoms with Gasteiger partial charge in [-0.3, -0.25) is 4.79 Å². The first-order valence-corrected chi connectivity index (χ1v) is 8.18. The first-order chi connectivity index (χ1) is 10.7. The molecule has 0 atom stereocenters. The van der Waals surface area contributed by atoms with Crippen LogP contribution in [0.4, 0.5) is 5.95 Å². The zero-order valence-corrected chi connectivity index (χ0v) is 13.7. The Balaban J connectivity index is 1.90. The monoisotopic (exact) mass is 305 g/mol. The van der Waals surface area contributed by atoms with Crippen LogP contribution in [-0.4, -0.2) is 65.9 Å². The summed E-state index contributed by atoms with van der Waals surface area (Å²) in [4.78, 5) is 25.2. The number of carbonyl (C=O) groups is 1. The molecule has 0 radical (unpaired) electrons. The summed E-state index contributed by atoms with van der Waals surface area (Å²) in [6.45, 7) is 3.50. The van der Waals surface area contributed by atoms with E-state index >= 15 is 0 Å². The van der Waals surface area contributed by atoms with E-state index in [1.54, 1.807) is 12.3 Å². The molecule has 1 fully saturated rings. The molecule has 2 heterocycles. The second-order valence-corrected chi connectivity index (χ2v) is 6.06. The maximum atomic E-state index is 12.5. The van der Waals surface area contributed by atoms with Gasteiger partial charge in [0.2, 0.25) is 5.95 Å². The van der Waals surface area contributed by atoms with E-state index in [1.165, 1.54) is 12.8 Å². The van der Waals surface area contributed by atoms with Gasteiger partial charge in [0.15, 0.2) is 0 Å². The molecule has 6 nitrogen and oxygen atoms in total. The molecule has 1 aromatic heterocycles. The van der Waals surface area contributed by atoms with Crippen molar-refractivity contribution >= 4 is 11.9 Å². The summed E-state index contributed by atoms with van der Waals surface area (Å²) in [5, 5.41) is 3.19. The summed E-state index contributed by atoms with van der Waals surface area (Å²) in [6, 6.07) is 1.71. The molecule has 0 bridgehead atoms. The van der Waals surface area contributed by atoms with Gasteiger partial charge in [0, 0.05) is 25.8 Å². The molecule has 0 aromatic carbocycles. The van der Waals surface area contributed by atoms with Crippen LogP contribution in [0, 0.1) is 0 Å². The number of hydrogen-bond acceptors (Lipinski definition) is 5. The third kappa shape index (κ3) is 5.26. The SMILES string of the molecule is CN(C)CCCNc1nccc(C(=O)N2CCCCCC2)n1. The lowest BCUT2D eigenvalue weighted by molar-refractivity contribution is 0.0755. The lowest BCUT2D eigenvalue weighted by atomic mass is 10.2. The lowest BCUT2D eigenvalue weighted by Crippen LogP contribution is -2.32. The number of nitrogens with zero attached hydrogens (tertiary/aromatic N) is 4. The molecule has 0 unspecified atom stereocenters. The molecule has 1 aromatic rings. The molecular weight excluding hydrogens is 278 g/mol. The second-order valence-electron chi connectivity index (χ2n) is 6.06. The van der Waals surface area contributed by atoms with E-state index in [2.05, 4.69) is 34.3 Å². The minimum absolute atomic E-state index is 0.0284. The first-order valence-electron chi connectivity index (χ1n) is 8.18. The Kier molecular flexibility index (Phi) is 6.58. The van der Waals surface area contributed by atoms with E-state index in [4.69, 9.17) is 0 Å². The van der Waals surface area contributed by atoms with E-state index in [9.17, 15) is 4.79 Å². The van der Waals surface area contributed by atoms with Gasteiger partial charge in [0.25, 0.3) is 5.91 Å². The van der Waals surface area contributed by atoms with Crippen LogP contribution in [0.2, 0.25) is 0 Å². The molecular formula is C16H27N5O. The van der Waals surface area contributed by atoms with Crippen molar-refractivity contribution in [2.24, 2.45) is 0 Å². The van der Waals surface area contributed by atoms with Crippen LogP contribution in [0.1, 0.15) is 42.6 Å². The van der Waals surface area contributed by atoms with Crippen molar-refractivity contribution < 1.29 is 4.79 Å². The van der Waals surface area contributed by atoms with Gasteiger partial charge in [-0.1, -0.05) is 12.8 Å². The minimum atomic E-state index is 0.0284. The summed E-state index contributed by atoms with van der Waals surface area (Å²) < 4.78 is 0. The average molecular weight is 305 g/mol. The molecule has 1 aliphatic rings. The number of amides is 1. The van der Waals surface area contributed by atoms with Crippen LogP contribution >= 0.6 is 0 Å². The summed E-state index contributed by atoms with van der Waals surface area (Å²) in [5.74, 6) is 0.570. The molecule has 6 heteroatoms. The largest absolute Gasteiger partial charge is 0.354 e. The van der Waals surface area contributed by atoms with Gasteiger partial charge in [-0.15, -0.1) is 0 Å². The Morgan fingerprint density at radius 2 is 2.00 bits per heavy atom. The van der Waals surface area contributed by atoms with Crippen molar-refractivity contribution in [1.29, 1.82) is 0 Å². The molecule has 1 amide bonds. The molecule has 1 aliphatic heterocycles. The van der Waals surface area contributed by atoms with E-state index in [-0.39, 0.29) is 5.91 Å². The normalized spacial score (nSPS) is 15.7. The van der Waals surface area contributed by atoms with Crippen LogP contribution in [-0.2, 0) is 0 Å². The fourth-order valence-corrected chi connectivity index (χ4v) is 2.59. The Bertz CT molecular complexity index is 469. The molecule has 1 saturated heterocycles. The number of anilines is 1. The second kappa shape index (κ2) is 8.68. The van der Waals surface area contributed by atoms with Crippen molar-refractivity contribution in [3.05, 3.63) is 18.0 Å². The molecule has 0 aliphatic carbocycles. The Morgan fingerprint density at radius 1 is 1.27 bits per heavy atom.